The van der Waals surface area contributed by atoms with Crippen molar-refractivity contribution in [3.63, 3.8) is 0 Å². The monoisotopic (exact) mass is 736 g/mol. The van der Waals surface area contributed by atoms with E-state index in [4.69, 9.17) is 28.4 Å². The van der Waals surface area contributed by atoms with Gasteiger partial charge >= 0.3 is 23.9 Å². The Balaban J connectivity index is 1.29. The molecule has 0 saturated carbocycles. The molecular weight excluding hydrogens is 692 g/mol. The lowest BCUT2D eigenvalue weighted by Crippen LogP contribution is -2.12. The summed E-state index contributed by atoms with van der Waals surface area (Å²) in [4.78, 5) is 60.7. The van der Waals surface area contributed by atoms with Crippen molar-refractivity contribution in [3.8, 4) is 23.0 Å². The quantitative estimate of drug-likeness (QED) is 0.0238. The second-order valence-corrected chi connectivity index (χ2v) is 12.1. The highest BCUT2D eigenvalue weighted by atomic mass is 16.5. The molecule has 0 aliphatic rings. The van der Waals surface area contributed by atoms with E-state index in [1.165, 1.54) is 6.07 Å². The molecule has 54 heavy (non-hydrogen) atoms. The Morgan fingerprint density at radius 2 is 0.981 bits per heavy atom. The number of hydrogen-bond acceptors (Lipinski definition) is 11. The van der Waals surface area contributed by atoms with Crippen LogP contribution in [0, 0.1) is 0 Å². The number of ether oxygens (including phenoxy) is 6. The summed E-state index contributed by atoms with van der Waals surface area (Å²) in [6.07, 6.45) is 9.61. The van der Waals surface area contributed by atoms with E-state index in [0.29, 0.717) is 55.0 Å². The van der Waals surface area contributed by atoms with E-state index in [1.54, 1.807) is 72.8 Å². The van der Waals surface area contributed by atoms with Crippen molar-refractivity contribution in [1.29, 1.82) is 0 Å². The molecule has 0 heterocycles. The summed E-state index contributed by atoms with van der Waals surface area (Å²) in [5.74, 6) is -0.790. The molecule has 0 amide bonds. The van der Waals surface area contributed by atoms with E-state index < -0.39 is 23.9 Å². The summed E-state index contributed by atoms with van der Waals surface area (Å²) in [5.41, 5.74) is 0.564. The number of fused-ring (bicyclic) bond motifs is 1. The molecule has 11 heteroatoms. The van der Waals surface area contributed by atoms with E-state index >= 15 is 0 Å². The van der Waals surface area contributed by atoms with Gasteiger partial charge in [0.2, 0.25) is 0 Å². The Bertz CT molecular complexity index is 1900. The molecule has 0 aliphatic carbocycles. The molecule has 0 aromatic heterocycles. The highest BCUT2D eigenvalue weighted by molar-refractivity contribution is 6.04. The smallest absolute Gasteiger partial charge is 0.343 e. The third-order valence-corrected chi connectivity index (χ3v) is 8.13. The molecular formula is C43H44O11. The molecule has 282 valence electrons. The van der Waals surface area contributed by atoms with Gasteiger partial charge in [-0.05, 0) is 106 Å². The first kappa shape index (κ1) is 40.5. The zero-order chi connectivity index (χ0) is 38.5. The number of unbranched alkanes of at least 4 members (excludes halogenated alkanes) is 6. The van der Waals surface area contributed by atoms with Crippen LogP contribution in [0.4, 0.5) is 0 Å². The molecule has 0 bridgehead atoms. The summed E-state index contributed by atoms with van der Waals surface area (Å²) in [6, 6.07) is 21.3. The molecule has 4 rings (SSSR count). The van der Waals surface area contributed by atoms with Gasteiger partial charge in [-0.2, -0.15) is 0 Å². The standard InChI is InChI=1S/C43H44O11/c1-3-39(45)51-27-13-7-5-11-25-49-34-21-17-31(18-22-34)42(47)53-38-29-33(30-44)41(37-16-10-9-15-36(37)38)54-43(48)32-19-23-35(24-20-32)50-26-12-6-8-14-28-52-40(46)4-2/h3-4,9-10,15-24,29-30H,1-2,5-8,11-14,25-28H2. The lowest BCUT2D eigenvalue weighted by atomic mass is 10.0. The molecule has 0 aliphatic heterocycles. The topological polar surface area (TPSA) is 141 Å². The van der Waals surface area contributed by atoms with Crippen LogP contribution in [-0.2, 0) is 19.1 Å². The number of carbonyl (C=O) groups excluding carboxylic acids is 5. The lowest BCUT2D eigenvalue weighted by molar-refractivity contribution is -0.138. The first-order chi connectivity index (χ1) is 26.3. The van der Waals surface area contributed by atoms with Gasteiger partial charge in [-0.3, -0.25) is 4.79 Å². The highest BCUT2D eigenvalue weighted by Crippen LogP contribution is 2.37. The van der Waals surface area contributed by atoms with Gasteiger partial charge in [-0.15, -0.1) is 0 Å². The minimum absolute atomic E-state index is 0.0326. The van der Waals surface area contributed by atoms with Gasteiger partial charge in [0.25, 0.3) is 0 Å². The second kappa shape index (κ2) is 22.0. The van der Waals surface area contributed by atoms with Gasteiger partial charge in [-0.25, -0.2) is 19.2 Å². The zero-order valence-corrected chi connectivity index (χ0v) is 30.1. The summed E-state index contributed by atoms with van der Waals surface area (Å²) >= 11 is 0. The minimum Gasteiger partial charge on any atom is -0.494 e. The summed E-state index contributed by atoms with van der Waals surface area (Å²) in [7, 11) is 0. The number of aldehydes is 1. The molecule has 0 fully saturated rings. The molecule has 0 atom stereocenters. The van der Waals surface area contributed by atoms with Crippen LogP contribution < -0.4 is 18.9 Å². The molecule has 11 nitrogen and oxygen atoms in total. The van der Waals surface area contributed by atoms with E-state index in [-0.39, 0.29) is 28.2 Å². The largest absolute Gasteiger partial charge is 0.494 e. The molecule has 0 N–H and O–H groups in total. The van der Waals surface area contributed by atoms with E-state index in [0.717, 1.165) is 63.5 Å². The summed E-state index contributed by atoms with van der Waals surface area (Å²) < 4.78 is 33.0. The predicted octanol–water partition coefficient (Wildman–Crippen LogP) is 8.43. The summed E-state index contributed by atoms with van der Waals surface area (Å²) in [5, 5.41) is 0.887. The predicted molar refractivity (Wildman–Crippen MR) is 202 cm³/mol. The van der Waals surface area contributed by atoms with E-state index in [9.17, 15) is 24.0 Å². The molecule has 0 saturated heterocycles. The van der Waals surface area contributed by atoms with Crippen LogP contribution in [0.3, 0.4) is 0 Å². The maximum Gasteiger partial charge on any atom is 0.343 e. The fraction of sp³-hybridized carbons (Fsp3) is 0.279. The average Bonchev–Trinajstić information content (AvgIpc) is 3.20. The van der Waals surface area contributed by atoms with Gasteiger partial charge in [0.05, 0.1) is 43.1 Å². The molecule has 0 radical (unpaired) electrons. The Kier molecular flexibility index (Phi) is 16.5. The second-order valence-electron chi connectivity index (χ2n) is 12.1. The van der Waals surface area contributed by atoms with Crippen LogP contribution in [0.2, 0.25) is 0 Å². The van der Waals surface area contributed by atoms with Crippen LogP contribution in [0.25, 0.3) is 10.8 Å². The first-order valence-corrected chi connectivity index (χ1v) is 17.8. The molecule has 0 unspecified atom stereocenters. The van der Waals surface area contributed by atoms with Crippen molar-refractivity contribution in [2.75, 3.05) is 26.4 Å². The van der Waals surface area contributed by atoms with E-state index in [1.807, 2.05) is 0 Å². The number of esters is 4. The highest BCUT2D eigenvalue weighted by Gasteiger charge is 2.20. The zero-order valence-electron chi connectivity index (χ0n) is 30.1. The van der Waals surface area contributed by atoms with Crippen molar-refractivity contribution in [1.82, 2.24) is 0 Å². The number of benzene rings is 4. The lowest BCUT2D eigenvalue weighted by Gasteiger charge is -2.14. The van der Waals surface area contributed by atoms with Gasteiger partial charge in [0, 0.05) is 22.9 Å². The van der Waals surface area contributed by atoms with Crippen LogP contribution >= 0.6 is 0 Å². The van der Waals surface area contributed by atoms with Gasteiger partial charge in [-0.1, -0.05) is 37.4 Å². The van der Waals surface area contributed by atoms with E-state index in [2.05, 4.69) is 13.2 Å². The number of hydrogen-bond donors (Lipinski definition) is 0. The van der Waals surface area contributed by atoms with Gasteiger partial charge in [0.15, 0.2) is 6.29 Å². The fourth-order valence-corrected chi connectivity index (χ4v) is 5.27. The first-order valence-electron chi connectivity index (χ1n) is 17.8. The van der Waals surface area contributed by atoms with Crippen molar-refractivity contribution in [2.24, 2.45) is 0 Å². The summed E-state index contributed by atoms with van der Waals surface area (Å²) in [6.45, 7) is 8.44. The third kappa shape index (κ3) is 12.8. The average molecular weight is 737 g/mol. The SMILES string of the molecule is C=CC(=O)OCCCCCCOc1ccc(C(=O)Oc2cc(C=O)c(OC(=O)c3ccc(OCCCCCCOC(=O)C=C)cc3)c3ccccc23)cc1. The van der Waals surface area contributed by atoms with Crippen molar-refractivity contribution >= 4 is 40.9 Å². The normalized spacial score (nSPS) is 10.5. The van der Waals surface area contributed by atoms with Crippen molar-refractivity contribution < 1.29 is 52.4 Å². The Morgan fingerprint density at radius 1 is 0.537 bits per heavy atom. The Morgan fingerprint density at radius 3 is 1.44 bits per heavy atom. The van der Waals surface area contributed by atoms with Crippen LogP contribution in [0.5, 0.6) is 23.0 Å². The number of rotatable bonds is 23. The van der Waals surface area contributed by atoms with Crippen molar-refractivity contribution in [3.05, 3.63) is 121 Å². The van der Waals surface area contributed by atoms with Crippen LogP contribution in [-0.4, -0.2) is 56.6 Å². The van der Waals surface area contributed by atoms with Gasteiger partial charge in [0.1, 0.15) is 23.0 Å². The maximum atomic E-state index is 13.2. The maximum absolute atomic E-state index is 13.2. The Labute approximate surface area is 314 Å². The molecule has 0 spiro atoms. The molecule has 4 aromatic carbocycles. The van der Waals surface area contributed by atoms with Crippen LogP contribution in [0.1, 0.15) is 82.4 Å². The minimum atomic E-state index is -0.675. The molecule has 4 aromatic rings. The van der Waals surface area contributed by atoms with Crippen LogP contribution in [0.15, 0.2) is 104 Å². The Hall–Kier alpha value is -6.23. The number of carbonyl (C=O) groups is 5. The van der Waals surface area contributed by atoms with Crippen molar-refractivity contribution in [2.45, 2.75) is 51.4 Å². The third-order valence-electron chi connectivity index (χ3n) is 8.13. The van der Waals surface area contributed by atoms with Gasteiger partial charge < -0.3 is 28.4 Å². The fourth-order valence-electron chi connectivity index (χ4n) is 5.27.